The van der Waals surface area contributed by atoms with Crippen LogP contribution in [0, 0.1) is 18.3 Å². The molecule has 1 aromatic carbocycles. The molecule has 0 aliphatic heterocycles. The maximum atomic E-state index is 12.0. The van der Waals surface area contributed by atoms with E-state index in [2.05, 4.69) is 5.32 Å². The molecule has 0 saturated carbocycles. The first kappa shape index (κ1) is 16.2. The Hall–Kier alpha value is -1.87. The lowest BCUT2D eigenvalue weighted by Gasteiger charge is -2.17. The van der Waals surface area contributed by atoms with E-state index >= 15 is 0 Å². The van der Waals surface area contributed by atoms with Crippen molar-refractivity contribution in [2.24, 2.45) is 0 Å². The van der Waals surface area contributed by atoms with E-state index in [0.717, 1.165) is 5.56 Å². The lowest BCUT2D eigenvalue weighted by Crippen LogP contribution is -2.42. The molecule has 0 saturated heterocycles. The van der Waals surface area contributed by atoms with Crippen LogP contribution in [-0.2, 0) is 14.6 Å². The van der Waals surface area contributed by atoms with Gasteiger partial charge in [-0.25, -0.2) is 8.42 Å². The van der Waals surface area contributed by atoms with Crippen molar-refractivity contribution in [3.05, 3.63) is 29.8 Å². The van der Waals surface area contributed by atoms with E-state index in [1.807, 2.05) is 13.0 Å². The quantitative estimate of drug-likeness (QED) is 0.893. The van der Waals surface area contributed by atoms with E-state index in [1.54, 1.807) is 26.0 Å². The van der Waals surface area contributed by atoms with Crippen molar-refractivity contribution in [2.45, 2.75) is 37.6 Å². The Balaban J connectivity index is 2.67. The third kappa shape index (κ3) is 4.67. The third-order valence-corrected chi connectivity index (χ3v) is 4.44. The largest absolute Gasteiger partial charge is 0.338 e. The molecule has 0 radical (unpaired) electrons. The maximum Gasteiger partial charge on any atom is 0.222 e. The summed E-state index contributed by atoms with van der Waals surface area (Å²) in [6.07, 6.45) is -0.165. The van der Waals surface area contributed by atoms with Gasteiger partial charge >= 0.3 is 0 Å². The number of amides is 1. The molecule has 1 amide bonds. The number of carbonyl (C=O) groups excluding carboxylic acids is 1. The van der Waals surface area contributed by atoms with Crippen LogP contribution in [-0.4, -0.2) is 25.6 Å². The van der Waals surface area contributed by atoms with Crippen LogP contribution in [0.15, 0.2) is 29.2 Å². The number of benzene rings is 1. The van der Waals surface area contributed by atoms with E-state index in [0.29, 0.717) is 0 Å². The number of aryl methyl sites for hydroxylation is 1. The standard InChI is InChI=1S/C14H18N2O3S/c1-11-4-6-12(7-5-11)20(18,19)9-8-13(17)16-14(2,3)10-15/h4-7H,8-9H2,1-3H3,(H,16,17). The van der Waals surface area contributed by atoms with Crippen LogP contribution in [0.5, 0.6) is 0 Å². The molecule has 1 aromatic rings. The van der Waals surface area contributed by atoms with Gasteiger partial charge in [0.15, 0.2) is 9.84 Å². The zero-order chi connectivity index (χ0) is 15.4. The van der Waals surface area contributed by atoms with E-state index in [1.165, 1.54) is 12.1 Å². The van der Waals surface area contributed by atoms with E-state index in [-0.39, 0.29) is 17.1 Å². The lowest BCUT2D eigenvalue weighted by atomic mass is 10.1. The van der Waals surface area contributed by atoms with Crippen molar-refractivity contribution < 1.29 is 13.2 Å². The summed E-state index contributed by atoms with van der Waals surface area (Å²) in [5.74, 6) is -0.726. The predicted molar refractivity (Wildman–Crippen MR) is 75.7 cm³/mol. The molecular weight excluding hydrogens is 276 g/mol. The number of nitrogens with one attached hydrogen (secondary N) is 1. The second-order valence-corrected chi connectivity index (χ2v) is 7.28. The van der Waals surface area contributed by atoms with Gasteiger partial charge in [0.25, 0.3) is 0 Å². The first-order chi connectivity index (χ1) is 9.16. The normalized spacial score (nSPS) is 11.7. The molecule has 1 N–H and O–H groups in total. The van der Waals surface area contributed by atoms with Crippen molar-refractivity contribution in [1.29, 1.82) is 5.26 Å². The summed E-state index contributed by atoms with van der Waals surface area (Å²) in [7, 11) is -3.48. The highest BCUT2D eigenvalue weighted by Gasteiger charge is 2.21. The Morgan fingerprint density at radius 2 is 1.85 bits per heavy atom. The van der Waals surface area contributed by atoms with Crippen LogP contribution in [0.2, 0.25) is 0 Å². The van der Waals surface area contributed by atoms with E-state index in [9.17, 15) is 13.2 Å². The van der Waals surface area contributed by atoms with Gasteiger partial charge in [-0.05, 0) is 32.9 Å². The number of sulfone groups is 1. The molecule has 0 unspecified atom stereocenters. The van der Waals surface area contributed by atoms with Crippen molar-refractivity contribution in [3.63, 3.8) is 0 Å². The monoisotopic (exact) mass is 294 g/mol. The minimum Gasteiger partial charge on any atom is -0.338 e. The minimum atomic E-state index is -3.48. The zero-order valence-corrected chi connectivity index (χ0v) is 12.6. The number of hydrogen-bond acceptors (Lipinski definition) is 4. The highest BCUT2D eigenvalue weighted by Crippen LogP contribution is 2.13. The molecule has 1 rings (SSSR count). The Morgan fingerprint density at radius 1 is 1.30 bits per heavy atom. The first-order valence-corrected chi connectivity index (χ1v) is 7.83. The second kappa shape index (κ2) is 6.06. The fourth-order valence-corrected chi connectivity index (χ4v) is 2.77. The summed E-state index contributed by atoms with van der Waals surface area (Å²) in [4.78, 5) is 11.8. The number of nitrogens with zero attached hydrogens (tertiary/aromatic N) is 1. The summed E-state index contributed by atoms with van der Waals surface area (Å²) in [6.45, 7) is 4.98. The average molecular weight is 294 g/mol. The lowest BCUT2D eigenvalue weighted by molar-refractivity contribution is -0.121. The number of carbonyl (C=O) groups is 1. The molecule has 0 bridgehead atoms. The molecule has 0 spiro atoms. The highest BCUT2D eigenvalue weighted by molar-refractivity contribution is 7.91. The van der Waals surface area contributed by atoms with Crippen molar-refractivity contribution >= 4 is 15.7 Å². The first-order valence-electron chi connectivity index (χ1n) is 6.18. The van der Waals surface area contributed by atoms with Gasteiger partial charge in [-0.2, -0.15) is 5.26 Å². The molecule has 108 valence electrons. The van der Waals surface area contributed by atoms with Crippen LogP contribution in [0.4, 0.5) is 0 Å². The Morgan fingerprint density at radius 3 is 2.35 bits per heavy atom. The molecule has 0 fully saturated rings. The van der Waals surface area contributed by atoms with Crippen molar-refractivity contribution in [1.82, 2.24) is 5.32 Å². The van der Waals surface area contributed by atoms with Gasteiger partial charge in [0.1, 0.15) is 5.54 Å². The maximum absolute atomic E-state index is 12.0. The highest BCUT2D eigenvalue weighted by atomic mass is 32.2. The third-order valence-electron chi connectivity index (χ3n) is 2.71. The number of hydrogen-bond donors (Lipinski definition) is 1. The summed E-state index contributed by atoms with van der Waals surface area (Å²) in [5.41, 5.74) is -0.0255. The van der Waals surface area contributed by atoms with Gasteiger partial charge in [0.05, 0.1) is 16.7 Å². The number of nitriles is 1. The summed E-state index contributed by atoms with van der Waals surface area (Å²) in [6, 6.07) is 8.41. The number of rotatable bonds is 5. The Labute approximate surface area is 119 Å². The Bertz CT molecular complexity index is 625. The fraction of sp³-hybridized carbons (Fsp3) is 0.429. The molecule has 0 aliphatic rings. The van der Waals surface area contributed by atoms with Crippen LogP contribution in [0.3, 0.4) is 0 Å². The summed E-state index contributed by atoms with van der Waals surface area (Å²) >= 11 is 0. The van der Waals surface area contributed by atoms with Gasteiger partial charge in [0, 0.05) is 6.42 Å². The predicted octanol–water partition coefficient (Wildman–Crippen LogP) is 1.58. The molecule has 0 atom stereocenters. The molecule has 20 heavy (non-hydrogen) atoms. The van der Waals surface area contributed by atoms with Crippen LogP contribution >= 0.6 is 0 Å². The van der Waals surface area contributed by atoms with Gasteiger partial charge in [-0.15, -0.1) is 0 Å². The van der Waals surface area contributed by atoms with Crippen LogP contribution in [0.1, 0.15) is 25.8 Å². The van der Waals surface area contributed by atoms with Gasteiger partial charge in [0.2, 0.25) is 5.91 Å². The molecular formula is C14H18N2O3S. The molecule has 0 aliphatic carbocycles. The average Bonchev–Trinajstić information content (AvgIpc) is 2.37. The van der Waals surface area contributed by atoms with Crippen LogP contribution < -0.4 is 5.32 Å². The molecule has 0 heterocycles. The van der Waals surface area contributed by atoms with Gasteiger partial charge in [-0.1, -0.05) is 17.7 Å². The van der Waals surface area contributed by atoms with Crippen molar-refractivity contribution in [2.75, 3.05) is 5.75 Å². The SMILES string of the molecule is Cc1ccc(S(=O)(=O)CCC(=O)NC(C)(C)C#N)cc1. The minimum absolute atomic E-state index is 0.165. The second-order valence-electron chi connectivity index (χ2n) is 5.17. The fourth-order valence-electron chi connectivity index (χ4n) is 1.53. The molecule has 0 aromatic heterocycles. The molecule has 5 nitrogen and oxygen atoms in total. The van der Waals surface area contributed by atoms with E-state index < -0.39 is 21.3 Å². The van der Waals surface area contributed by atoms with Crippen molar-refractivity contribution in [3.8, 4) is 6.07 Å². The van der Waals surface area contributed by atoms with E-state index in [4.69, 9.17) is 5.26 Å². The van der Waals surface area contributed by atoms with Crippen LogP contribution in [0.25, 0.3) is 0 Å². The summed E-state index contributed by atoms with van der Waals surface area (Å²) in [5, 5.41) is 11.3. The Kier molecular flexibility index (Phi) is 4.90. The van der Waals surface area contributed by atoms with Gasteiger partial charge in [-0.3, -0.25) is 4.79 Å². The smallest absolute Gasteiger partial charge is 0.222 e. The summed E-state index contributed by atoms with van der Waals surface area (Å²) < 4.78 is 24.1. The van der Waals surface area contributed by atoms with Gasteiger partial charge < -0.3 is 5.32 Å². The molecule has 6 heteroatoms. The topological polar surface area (TPSA) is 87.0 Å². The zero-order valence-electron chi connectivity index (χ0n) is 11.8.